The van der Waals surface area contributed by atoms with Crippen molar-refractivity contribution in [3.8, 4) is 0 Å². The highest BCUT2D eigenvalue weighted by Crippen LogP contribution is 2.15. The number of hydrogen-bond acceptors (Lipinski definition) is 3. The average molecular weight is 257 g/mol. The van der Waals surface area contributed by atoms with E-state index in [1.165, 1.54) is 0 Å². The largest absolute Gasteiger partial charge is 0.481 e. The van der Waals surface area contributed by atoms with Gasteiger partial charge in [0.25, 0.3) is 0 Å². The monoisotopic (exact) mass is 257 g/mol. The summed E-state index contributed by atoms with van der Waals surface area (Å²) in [4.78, 5) is 26.2. The number of rotatable bonds is 6. The second kappa shape index (κ2) is 7.20. The number of likely N-dealkylation sites (tertiary alicyclic amines) is 1. The Morgan fingerprint density at radius 1 is 1.39 bits per heavy atom. The molecule has 2 amide bonds. The van der Waals surface area contributed by atoms with E-state index < -0.39 is 5.97 Å². The summed E-state index contributed by atoms with van der Waals surface area (Å²) in [6, 6.07) is 0.288. The van der Waals surface area contributed by atoms with Gasteiger partial charge in [0.15, 0.2) is 0 Å². The molecule has 1 saturated heterocycles. The number of nitrogens with zero attached hydrogens (tertiary/aromatic N) is 2. The summed E-state index contributed by atoms with van der Waals surface area (Å²) < 4.78 is 0. The molecule has 0 aromatic carbocycles. The minimum Gasteiger partial charge on any atom is -0.481 e. The fourth-order valence-electron chi connectivity index (χ4n) is 2.35. The van der Waals surface area contributed by atoms with Crippen molar-refractivity contribution in [1.82, 2.24) is 15.1 Å². The van der Waals surface area contributed by atoms with Gasteiger partial charge in [-0.3, -0.25) is 9.69 Å². The smallest absolute Gasteiger partial charge is 0.317 e. The van der Waals surface area contributed by atoms with E-state index in [1.807, 2.05) is 0 Å². The molecule has 104 valence electrons. The van der Waals surface area contributed by atoms with Gasteiger partial charge in [0.2, 0.25) is 0 Å². The minimum atomic E-state index is -0.891. The minimum absolute atomic E-state index is 0.0287. The summed E-state index contributed by atoms with van der Waals surface area (Å²) in [7, 11) is 0. The Bertz CT molecular complexity index is 292. The highest BCUT2D eigenvalue weighted by atomic mass is 16.4. The molecule has 0 aliphatic carbocycles. The van der Waals surface area contributed by atoms with Crippen LogP contribution >= 0.6 is 0 Å². The molecule has 1 atom stereocenters. The third-order valence-corrected chi connectivity index (χ3v) is 3.39. The van der Waals surface area contributed by atoms with Gasteiger partial charge in [-0.05, 0) is 19.5 Å². The first-order chi connectivity index (χ1) is 8.58. The van der Waals surface area contributed by atoms with Gasteiger partial charge in [-0.25, -0.2) is 4.79 Å². The number of amides is 2. The predicted octanol–water partition coefficient (Wildman–Crippen LogP) is 0.587. The Hall–Kier alpha value is -1.30. The van der Waals surface area contributed by atoms with Crippen molar-refractivity contribution in [1.29, 1.82) is 0 Å². The molecule has 0 aromatic rings. The lowest BCUT2D eigenvalue weighted by atomic mass is 10.2. The van der Waals surface area contributed by atoms with Crippen LogP contribution in [0.25, 0.3) is 0 Å². The van der Waals surface area contributed by atoms with Crippen LogP contribution in [-0.4, -0.2) is 65.7 Å². The van der Waals surface area contributed by atoms with Crippen molar-refractivity contribution in [3.05, 3.63) is 0 Å². The fourth-order valence-corrected chi connectivity index (χ4v) is 2.35. The summed E-state index contributed by atoms with van der Waals surface area (Å²) in [5.41, 5.74) is 0. The van der Waals surface area contributed by atoms with E-state index in [9.17, 15) is 9.59 Å². The lowest BCUT2D eigenvalue weighted by Crippen LogP contribution is -2.42. The van der Waals surface area contributed by atoms with Crippen molar-refractivity contribution < 1.29 is 14.7 Å². The van der Waals surface area contributed by atoms with E-state index in [4.69, 9.17) is 5.11 Å². The third-order valence-electron chi connectivity index (χ3n) is 3.39. The van der Waals surface area contributed by atoms with E-state index in [0.717, 1.165) is 32.6 Å². The van der Waals surface area contributed by atoms with Gasteiger partial charge in [-0.2, -0.15) is 0 Å². The molecule has 1 aliphatic rings. The summed E-state index contributed by atoms with van der Waals surface area (Å²) in [5, 5.41) is 11.1. The van der Waals surface area contributed by atoms with Gasteiger partial charge in [0.1, 0.15) is 0 Å². The van der Waals surface area contributed by atoms with Crippen LogP contribution in [0.2, 0.25) is 0 Å². The van der Waals surface area contributed by atoms with Crippen LogP contribution < -0.4 is 5.32 Å². The summed E-state index contributed by atoms with van der Waals surface area (Å²) >= 11 is 0. The molecule has 0 saturated carbocycles. The molecule has 0 bridgehead atoms. The first kappa shape index (κ1) is 14.8. The predicted molar refractivity (Wildman–Crippen MR) is 68.6 cm³/mol. The Labute approximate surface area is 108 Å². The number of carbonyl (C=O) groups excluding carboxylic acids is 1. The molecule has 18 heavy (non-hydrogen) atoms. The topological polar surface area (TPSA) is 72.9 Å². The van der Waals surface area contributed by atoms with Crippen LogP contribution in [-0.2, 0) is 4.79 Å². The molecule has 1 aliphatic heterocycles. The first-order valence-electron chi connectivity index (χ1n) is 6.57. The molecule has 0 aromatic heterocycles. The lowest BCUT2D eigenvalue weighted by molar-refractivity contribution is -0.136. The fraction of sp³-hybridized carbons (Fsp3) is 0.833. The van der Waals surface area contributed by atoms with E-state index in [1.54, 1.807) is 4.90 Å². The average Bonchev–Trinajstić information content (AvgIpc) is 2.79. The van der Waals surface area contributed by atoms with Crippen molar-refractivity contribution in [3.63, 3.8) is 0 Å². The zero-order valence-corrected chi connectivity index (χ0v) is 11.2. The number of hydrogen-bond donors (Lipinski definition) is 2. The molecule has 2 N–H and O–H groups in total. The van der Waals surface area contributed by atoms with Crippen LogP contribution in [0.3, 0.4) is 0 Å². The van der Waals surface area contributed by atoms with Gasteiger partial charge in [-0.1, -0.05) is 13.8 Å². The van der Waals surface area contributed by atoms with Crippen molar-refractivity contribution in [2.24, 2.45) is 0 Å². The molecule has 1 heterocycles. The van der Waals surface area contributed by atoms with Crippen LogP contribution in [0.15, 0.2) is 0 Å². The number of likely N-dealkylation sites (N-methyl/N-ethyl adjacent to an activating group) is 1. The van der Waals surface area contributed by atoms with Gasteiger partial charge in [-0.15, -0.1) is 0 Å². The molecule has 1 rings (SSSR count). The second-order valence-electron chi connectivity index (χ2n) is 4.49. The number of aliphatic carboxylic acids is 1. The van der Waals surface area contributed by atoms with Gasteiger partial charge in [0.05, 0.1) is 6.42 Å². The van der Waals surface area contributed by atoms with E-state index in [0.29, 0.717) is 6.04 Å². The molecule has 1 unspecified atom stereocenters. The van der Waals surface area contributed by atoms with Crippen LogP contribution in [0.5, 0.6) is 0 Å². The summed E-state index contributed by atoms with van der Waals surface area (Å²) in [6.07, 6.45) is 0.965. The lowest BCUT2D eigenvalue weighted by Gasteiger charge is -2.26. The van der Waals surface area contributed by atoms with Crippen LogP contribution in [0.1, 0.15) is 26.7 Å². The molecule has 6 heteroatoms. The zero-order valence-electron chi connectivity index (χ0n) is 11.2. The van der Waals surface area contributed by atoms with E-state index in [2.05, 4.69) is 24.1 Å². The van der Waals surface area contributed by atoms with Crippen molar-refractivity contribution in [2.75, 3.05) is 32.7 Å². The maximum atomic E-state index is 11.8. The number of carboxylic acid groups (broad SMARTS) is 1. The molecule has 0 radical (unpaired) electrons. The van der Waals surface area contributed by atoms with E-state index in [-0.39, 0.29) is 19.0 Å². The van der Waals surface area contributed by atoms with Gasteiger partial charge >= 0.3 is 12.0 Å². The quantitative estimate of drug-likeness (QED) is 0.730. The number of carbonyl (C=O) groups is 2. The number of urea groups is 1. The third kappa shape index (κ3) is 4.18. The molecule has 1 fully saturated rings. The highest BCUT2D eigenvalue weighted by Gasteiger charge is 2.28. The first-order valence-corrected chi connectivity index (χ1v) is 6.57. The van der Waals surface area contributed by atoms with Crippen molar-refractivity contribution in [2.45, 2.75) is 32.7 Å². The Morgan fingerprint density at radius 3 is 2.61 bits per heavy atom. The van der Waals surface area contributed by atoms with Crippen LogP contribution in [0.4, 0.5) is 4.79 Å². The van der Waals surface area contributed by atoms with Crippen LogP contribution in [0, 0.1) is 0 Å². The van der Waals surface area contributed by atoms with Crippen molar-refractivity contribution >= 4 is 12.0 Å². The number of carboxylic acids is 1. The Kier molecular flexibility index (Phi) is 5.91. The highest BCUT2D eigenvalue weighted by molar-refractivity contribution is 5.75. The zero-order chi connectivity index (χ0) is 13.5. The SMILES string of the molecule is CCN(CC)C1CCN(C(=O)NCCC(=O)O)C1. The standard InChI is InChI=1S/C12H23N3O3/c1-3-14(4-2)10-6-8-15(9-10)12(18)13-7-5-11(16)17/h10H,3-9H2,1-2H3,(H,13,18)(H,16,17). The molecule has 0 spiro atoms. The molecular weight excluding hydrogens is 234 g/mol. The Balaban J connectivity index is 2.32. The molecular formula is C12H23N3O3. The van der Waals surface area contributed by atoms with E-state index >= 15 is 0 Å². The normalized spacial score (nSPS) is 19.3. The summed E-state index contributed by atoms with van der Waals surface area (Å²) in [5.74, 6) is -0.891. The Morgan fingerprint density at radius 2 is 2.06 bits per heavy atom. The maximum Gasteiger partial charge on any atom is 0.317 e. The number of nitrogens with one attached hydrogen (secondary N) is 1. The molecule has 6 nitrogen and oxygen atoms in total. The second-order valence-corrected chi connectivity index (χ2v) is 4.49. The maximum absolute atomic E-state index is 11.8. The van der Waals surface area contributed by atoms with Gasteiger partial charge in [0, 0.05) is 25.7 Å². The van der Waals surface area contributed by atoms with Gasteiger partial charge < -0.3 is 15.3 Å². The summed E-state index contributed by atoms with van der Waals surface area (Å²) in [6.45, 7) is 7.92.